The number of ether oxygens (including phenoxy) is 1. The number of rotatable bonds is 8. The average Bonchev–Trinajstić information content (AvgIpc) is 2.65. The lowest BCUT2D eigenvalue weighted by molar-refractivity contribution is -0.0498. The highest BCUT2D eigenvalue weighted by atomic mass is 19.3. The molecule has 2 rings (SSSR count). The Morgan fingerprint density at radius 3 is 2.52 bits per heavy atom. The molecule has 1 heterocycles. The van der Waals surface area contributed by atoms with Crippen LogP contribution in [0.5, 0.6) is 5.75 Å². The van der Waals surface area contributed by atoms with Crippen LogP contribution in [0.4, 0.5) is 8.78 Å². The second kappa shape index (κ2) is 11.1. The van der Waals surface area contributed by atoms with Crippen molar-refractivity contribution in [2.45, 2.75) is 39.3 Å². The van der Waals surface area contributed by atoms with Crippen LogP contribution in [0, 0.1) is 5.92 Å². The standard InChI is InChI=1S/C20H32F2N4O/c1-4-11-26-12-9-16(10-13-26)14-24-20(23-2)25(3)15-17-5-7-18(8-6-17)27-19(21)22/h5-8,16,19H,4,9-15H2,1-3H3,(H,23,24). The van der Waals surface area contributed by atoms with Crippen molar-refractivity contribution in [1.29, 1.82) is 0 Å². The van der Waals surface area contributed by atoms with Crippen LogP contribution >= 0.6 is 0 Å². The van der Waals surface area contributed by atoms with E-state index in [1.54, 1.807) is 31.3 Å². The Labute approximate surface area is 161 Å². The van der Waals surface area contributed by atoms with Crippen molar-refractivity contribution in [2.75, 3.05) is 40.3 Å². The van der Waals surface area contributed by atoms with Gasteiger partial charge in [0.05, 0.1) is 0 Å². The fraction of sp³-hybridized carbons (Fsp3) is 0.650. The number of halogens is 2. The number of hydrogen-bond donors (Lipinski definition) is 1. The summed E-state index contributed by atoms with van der Waals surface area (Å²) in [5.41, 5.74) is 1.01. The van der Waals surface area contributed by atoms with Gasteiger partial charge in [-0.25, -0.2) is 0 Å². The van der Waals surface area contributed by atoms with E-state index >= 15 is 0 Å². The van der Waals surface area contributed by atoms with Crippen LogP contribution in [-0.4, -0.2) is 62.6 Å². The third-order valence-corrected chi connectivity index (χ3v) is 4.94. The third-order valence-electron chi connectivity index (χ3n) is 4.94. The van der Waals surface area contributed by atoms with Crippen LogP contribution < -0.4 is 10.1 Å². The van der Waals surface area contributed by atoms with Gasteiger partial charge in [-0.1, -0.05) is 19.1 Å². The Balaban J connectivity index is 1.78. The van der Waals surface area contributed by atoms with E-state index in [1.807, 2.05) is 11.9 Å². The first-order valence-corrected chi connectivity index (χ1v) is 9.69. The van der Waals surface area contributed by atoms with Gasteiger partial charge in [0, 0.05) is 27.2 Å². The minimum atomic E-state index is -2.80. The molecule has 1 fully saturated rings. The zero-order valence-corrected chi connectivity index (χ0v) is 16.6. The van der Waals surface area contributed by atoms with Crippen LogP contribution in [0.25, 0.3) is 0 Å². The Morgan fingerprint density at radius 1 is 1.30 bits per heavy atom. The summed E-state index contributed by atoms with van der Waals surface area (Å²) < 4.78 is 28.8. The Bertz CT molecular complexity index is 572. The molecular formula is C20H32F2N4O. The highest BCUT2D eigenvalue weighted by Gasteiger charge is 2.19. The molecule has 0 unspecified atom stereocenters. The molecule has 1 aliphatic rings. The SMILES string of the molecule is CCCN1CCC(CNC(=NC)N(C)Cc2ccc(OC(F)F)cc2)CC1. The second-order valence-corrected chi connectivity index (χ2v) is 7.09. The van der Waals surface area contributed by atoms with Gasteiger partial charge in [0.2, 0.25) is 0 Å². The van der Waals surface area contributed by atoms with Crippen molar-refractivity contribution in [3.8, 4) is 5.75 Å². The van der Waals surface area contributed by atoms with Crippen LogP contribution in [0.2, 0.25) is 0 Å². The summed E-state index contributed by atoms with van der Waals surface area (Å²) in [6, 6.07) is 6.72. The minimum absolute atomic E-state index is 0.174. The Hall–Kier alpha value is -1.89. The summed E-state index contributed by atoms with van der Waals surface area (Å²) in [4.78, 5) is 8.94. The van der Waals surface area contributed by atoms with E-state index in [2.05, 4.69) is 26.9 Å². The number of nitrogens with one attached hydrogen (secondary N) is 1. The van der Waals surface area contributed by atoms with Gasteiger partial charge in [-0.05, 0) is 62.5 Å². The summed E-state index contributed by atoms with van der Waals surface area (Å²) in [6.45, 7) is 4.57. The van der Waals surface area contributed by atoms with Gasteiger partial charge in [-0.2, -0.15) is 8.78 Å². The number of nitrogens with zero attached hydrogens (tertiary/aromatic N) is 3. The molecule has 0 spiro atoms. The average molecular weight is 382 g/mol. The Kier molecular flexibility index (Phi) is 8.78. The van der Waals surface area contributed by atoms with Gasteiger partial charge in [-0.3, -0.25) is 4.99 Å². The van der Waals surface area contributed by atoms with Crippen molar-refractivity contribution >= 4 is 5.96 Å². The first-order chi connectivity index (χ1) is 13.0. The van der Waals surface area contributed by atoms with Crippen LogP contribution in [0.3, 0.4) is 0 Å². The zero-order valence-electron chi connectivity index (χ0n) is 16.6. The first kappa shape index (κ1) is 21.4. The van der Waals surface area contributed by atoms with Gasteiger partial charge >= 0.3 is 6.61 Å². The number of benzene rings is 1. The first-order valence-electron chi connectivity index (χ1n) is 9.69. The van der Waals surface area contributed by atoms with Gasteiger partial charge in [0.1, 0.15) is 5.75 Å². The van der Waals surface area contributed by atoms with E-state index in [1.165, 1.54) is 38.9 Å². The molecule has 0 radical (unpaired) electrons. The topological polar surface area (TPSA) is 40.1 Å². The number of hydrogen-bond acceptors (Lipinski definition) is 3. The van der Waals surface area contributed by atoms with Gasteiger partial charge < -0.3 is 19.9 Å². The minimum Gasteiger partial charge on any atom is -0.435 e. The molecule has 5 nitrogen and oxygen atoms in total. The monoisotopic (exact) mass is 382 g/mol. The van der Waals surface area contributed by atoms with E-state index in [4.69, 9.17) is 0 Å². The summed E-state index contributed by atoms with van der Waals surface area (Å²) in [5, 5.41) is 3.48. The predicted molar refractivity (Wildman–Crippen MR) is 105 cm³/mol. The molecule has 1 aliphatic heterocycles. The fourth-order valence-corrected chi connectivity index (χ4v) is 3.48. The van der Waals surface area contributed by atoms with Gasteiger partial charge in [-0.15, -0.1) is 0 Å². The number of aliphatic imine (C=N–C) groups is 1. The van der Waals surface area contributed by atoms with Crippen LogP contribution in [-0.2, 0) is 6.54 Å². The zero-order chi connectivity index (χ0) is 19.6. The van der Waals surface area contributed by atoms with Gasteiger partial charge in [0.25, 0.3) is 0 Å². The van der Waals surface area contributed by atoms with E-state index in [0.717, 1.165) is 18.1 Å². The molecule has 1 aromatic rings. The van der Waals surface area contributed by atoms with Crippen molar-refractivity contribution in [3.05, 3.63) is 29.8 Å². The van der Waals surface area contributed by atoms with E-state index < -0.39 is 6.61 Å². The highest BCUT2D eigenvalue weighted by Crippen LogP contribution is 2.17. The molecule has 1 N–H and O–H groups in total. The summed E-state index contributed by atoms with van der Waals surface area (Å²) in [7, 11) is 3.75. The summed E-state index contributed by atoms with van der Waals surface area (Å²) in [5.74, 6) is 1.70. The lowest BCUT2D eigenvalue weighted by Gasteiger charge is -2.32. The maximum Gasteiger partial charge on any atom is 0.387 e. The van der Waals surface area contributed by atoms with Crippen molar-refractivity contribution < 1.29 is 13.5 Å². The van der Waals surface area contributed by atoms with Gasteiger partial charge in [0.15, 0.2) is 5.96 Å². The normalized spacial score (nSPS) is 16.6. The smallest absolute Gasteiger partial charge is 0.387 e. The number of piperidine rings is 1. The maximum atomic E-state index is 12.2. The predicted octanol–water partition coefficient (Wildman–Crippen LogP) is 3.42. The van der Waals surface area contributed by atoms with Crippen molar-refractivity contribution in [2.24, 2.45) is 10.9 Å². The molecule has 152 valence electrons. The molecule has 1 aromatic carbocycles. The maximum absolute atomic E-state index is 12.2. The van der Waals surface area contributed by atoms with E-state index in [0.29, 0.717) is 12.5 Å². The van der Waals surface area contributed by atoms with Crippen molar-refractivity contribution in [3.63, 3.8) is 0 Å². The van der Waals surface area contributed by atoms with E-state index in [-0.39, 0.29) is 5.75 Å². The summed E-state index contributed by atoms with van der Waals surface area (Å²) in [6.07, 6.45) is 3.66. The van der Waals surface area contributed by atoms with E-state index in [9.17, 15) is 8.78 Å². The molecule has 1 saturated heterocycles. The quantitative estimate of drug-likeness (QED) is 0.552. The number of guanidine groups is 1. The molecule has 0 aromatic heterocycles. The molecule has 27 heavy (non-hydrogen) atoms. The molecule has 0 saturated carbocycles. The molecule has 7 heteroatoms. The third kappa shape index (κ3) is 7.33. The largest absolute Gasteiger partial charge is 0.435 e. The Morgan fingerprint density at radius 2 is 1.96 bits per heavy atom. The molecule has 0 aliphatic carbocycles. The van der Waals surface area contributed by atoms with Crippen LogP contribution in [0.1, 0.15) is 31.7 Å². The molecular weight excluding hydrogens is 350 g/mol. The number of alkyl halides is 2. The summed E-state index contributed by atoms with van der Waals surface area (Å²) >= 11 is 0. The van der Waals surface area contributed by atoms with Crippen LogP contribution in [0.15, 0.2) is 29.3 Å². The second-order valence-electron chi connectivity index (χ2n) is 7.09. The molecule has 0 bridgehead atoms. The molecule has 0 atom stereocenters. The number of likely N-dealkylation sites (tertiary alicyclic amines) is 1. The lowest BCUT2D eigenvalue weighted by atomic mass is 9.97. The fourth-order valence-electron chi connectivity index (χ4n) is 3.48. The van der Waals surface area contributed by atoms with Crippen molar-refractivity contribution in [1.82, 2.24) is 15.1 Å². The highest BCUT2D eigenvalue weighted by molar-refractivity contribution is 5.79. The molecule has 0 amide bonds. The lowest BCUT2D eigenvalue weighted by Crippen LogP contribution is -2.43.